The molecule has 7 nitrogen and oxygen atoms in total. The summed E-state index contributed by atoms with van der Waals surface area (Å²) in [6, 6.07) is 29.7. The van der Waals surface area contributed by atoms with Gasteiger partial charge >= 0.3 is 21.0 Å². The Balaban J connectivity index is 0.000000623. The minimum absolute atomic E-state index is 0.625. The van der Waals surface area contributed by atoms with Gasteiger partial charge in [0.2, 0.25) is 6.41 Å². The second kappa shape index (κ2) is 13.3. The van der Waals surface area contributed by atoms with E-state index in [1.165, 1.54) is 4.90 Å². The smallest absolute Gasteiger partial charge is 0.437 e. The van der Waals surface area contributed by atoms with Gasteiger partial charge in [-0.2, -0.15) is 0 Å². The molecule has 182 valence electrons. The summed E-state index contributed by atoms with van der Waals surface area (Å²) in [7, 11) is 2.13. The molecule has 0 bridgehead atoms. The first kappa shape index (κ1) is 26.7. The highest BCUT2D eigenvalue weighted by Gasteiger charge is 2.49. The molecule has 0 radical (unpaired) electrons. The molecule has 1 amide bonds. The number of nitrogens with zero attached hydrogens (tertiary/aromatic N) is 1. The normalized spacial score (nSPS) is 14.8. The average molecular weight is 474 g/mol. The van der Waals surface area contributed by atoms with Crippen LogP contribution in [0.3, 0.4) is 0 Å². The van der Waals surface area contributed by atoms with Crippen LogP contribution in [0.25, 0.3) is 0 Å². The molecule has 0 unspecified atom stereocenters. The van der Waals surface area contributed by atoms with Crippen LogP contribution in [0, 0.1) is 0 Å². The molecule has 1 aliphatic rings. The molecule has 4 rings (SSSR count). The van der Waals surface area contributed by atoms with Crippen molar-refractivity contribution in [1.29, 1.82) is 0 Å². The average Bonchev–Trinajstić information content (AvgIpc) is 2.93. The molecular weight excluding hydrogens is 441 g/mol. The van der Waals surface area contributed by atoms with Crippen molar-refractivity contribution in [1.82, 2.24) is 4.90 Å². The van der Waals surface area contributed by atoms with Gasteiger partial charge in [0, 0.05) is 14.1 Å². The number of hydroxylamine groups is 2. The lowest BCUT2D eigenvalue weighted by atomic mass is 9.57. The number of carbonyl (C=O) groups is 1. The van der Waals surface area contributed by atoms with Crippen molar-refractivity contribution in [3.8, 4) is 0 Å². The Morgan fingerprint density at radius 3 is 1.57 bits per heavy atom. The van der Waals surface area contributed by atoms with E-state index in [-0.39, 0.29) is 0 Å². The molecule has 1 saturated heterocycles. The zero-order chi connectivity index (χ0) is 25.1. The van der Waals surface area contributed by atoms with Gasteiger partial charge in [0.1, 0.15) is 0 Å². The minimum Gasteiger partial charge on any atom is -0.579 e. The molecule has 0 aliphatic carbocycles. The Bertz CT molecular complexity index is 964. The largest absolute Gasteiger partial charge is 0.579 e. The molecule has 35 heavy (non-hydrogen) atoms. The molecule has 0 aromatic heterocycles. The van der Waals surface area contributed by atoms with Gasteiger partial charge in [0.25, 0.3) is 0 Å². The third-order valence-corrected chi connectivity index (χ3v) is 5.53. The Morgan fingerprint density at radius 2 is 1.20 bits per heavy atom. The summed E-state index contributed by atoms with van der Waals surface area (Å²) in [5.41, 5.74) is 2.69. The van der Waals surface area contributed by atoms with Crippen molar-refractivity contribution in [2.24, 2.45) is 0 Å². The molecule has 0 spiro atoms. The summed E-state index contributed by atoms with van der Waals surface area (Å²) < 4.78 is 25.8. The van der Waals surface area contributed by atoms with Gasteiger partial charge in [-0.25, -0.2) is 5.06 Å². The van der Waals surface area contributed by atoms with Crippen molar-refractivity contribution in [2.75, 3.05) is 27.2 Å². The molecule has 1 fully saturated rings. The zero-order valence-corrected chi connectivity index (χ0v) is 20.9. The number of quaternary nitrogens is 1. The molecule has 3 aromatic carbocycles. The number of benzene rings is 3. The van der Waals surface area contributed by atoms with Crippen LogP contribution in [-0.2, 0) is 23.3 Å². The van der Waals surface area contributed by atoms with E-state index >= 15 is 0 Å². The van der Waals surface area contributed by atoms with E-state index in [0.29, 0.717) is 0 Å². The Morgan fingerprint density at radius 1 is 0.800 bits per heavy atom. The number of rotatable bonds is 8. The quantitative estimate of drug-likeness (QED) is 0.289. The van der Waals surface area contributed by atoms with Crippen molar-refractivity contribution in [3.05, 3.63) is 91.0 Å². The highest BCUT2D eigenvalue weighted by molar-refractivity contribution is 6.92. The van der Waals surface area contributed by atoms with Gasteiger partial charge in [-0.05, 0) is 24.8 Å². The van der Waals surface area contributed by atoms with Gasteiger partial charge < -0.3 is 23.4 Å². The summed E-state index contributed by atoms with van der Waals surface area (Å²) in [5, 5.41) is 0.930. The van der Waals surface area contributed by atoms with E-state index in [4.69, 9.17) is 18.5 Å². The summed E-state index contributed by atoms with van der Waals surface area (Å²) in [6.07, 6.45) is 0.750. The van der Waals surface area contributed by atoms with Crippen molar-refractivity contribution in [3.63, 3.8) is 0 Å². The van der Waals surface area contributed by atoms with Crippen LogP contribution in [0.4, 0.5) is 0 Å². The van der Waals surface area contributed by atoms with E-state index in [1.54, 1.807) is 14.1 Å². The minimum atomic E-state index is -2.27. The number of hydrogen-bond acceptors (Lipinski definition) is 5. The van der Waals surface area contributed by atoms with Gasteiger partial charge in [0.15, 0.2) is 0 Å². The van der Waals surface area contributed by atoms with Crippen molar-refractivity contribution >= 4 is 43.8 Å². The van der Waals surface area contributed by atoms with Crippen LogP contribution in [0.5, 0.6) is 0 Å². The third-order valence-electron chi connectivity index (χ3n) is 5.53. The Kier molecular flexibility index (Phi) is 10.1. The maximum absolute atomic E-state index is 9.43. The highest BCUT2D eigenvalue weighted by Crippen LogP contribution is 2.19. The molecule has 0 saturated carbocycles. The van der Waals surface area contributed by atoms with Crippen molar-refractivity contribution in [2.45, 2.75) is 13.8 Å². The van der Waals surface area contributed by atoms with Gasteiger partial charge in [-0.15, -0.1) is 5.46 Å². The fourth-order valence-electron chi connectivity index (χ4n) is 3.67. The first-order valence-electron chi connectivity index (χ1n) is 12.0. The number of carbonyl (C=O) groups excluding carboxylic acids is 1. The van der Waals surface area contributed by atoms with E-state index in [2.05, 4.69) is 13.8 Å². The van der Waals surface area contributed by atoms with Gasteiger partial charge in [0.05, 0.1) is 13.1 Å². The number of nitrogens with one attached hydrogen (secondary N) is 1. The van der Waals surface area contributed by atoms with Gasteiger partial charge in [-0.1, -0.05) is 91.0 Å². The monoisotopic (exact) mass is 474 g/mol. The summed E-state index contributed by atoms with van der Waals surface area (Å²) >= 11 is 0. The van der Waals surface area contributed by atoms with Crippen LogP contribution < -0.4 is 21.5 Å². The molecule has 1 N–H and O–H groups in total. The SMILES string of the molecule is CC[NH+](CC)O[B-]1(c2ccccc2)OB(c2ccccc2)OB(c2ccccc2)O1.CN(C)C=O. The standard InChI is InChI=1S/C22H25B3NO4.C3H7NO/c1-3-26(4-2)30-25(22-18-12-7-13-19-22)28-23(20-14-8-5-9-15-20)27-24(29-25)21-16-10-6-11-17-21;1-4(2)3-5/h5-19H,3-4H2,1-2H3;3H,1-2H3/q-1;/p+1. The maximum Gasteiger partial charge on any atom is 0.437 e. The molecule has 10 heteroatoms. The van der Waals surface area contributed by atoms with E-state index in [9.17, 15) is 4.79 Å². The summed E-state index contributed by atoms with van der Waals surface area (Å²) in [6.45, 7) is 3.46. The lowest BCUT2D eigenvalue weighted by Crippen LogP contribution is -3.13. The lowest BCUT2D eigenvalue weighted by molar-refractivity contribution is -1.07. The zero-order valence-electron chi connectivity index (χ0n) is 20.9. The Hall–Kier alpha value is -2.88. The Labute approximate surface area is 209 Å². The summed E-state index contributed by atoms with van der Waals surface area (Å²) in [5.74, 6) is 0. The van der Waals surface area contributed by atoms with E-state index in [0.717, 1.165) is 41.0 Å². The topological polar surface area (TPSA) is 61.7 Å². The molecular formula is C25H33B3N2O5. The number of hydrogen-bond donors (Lipinski definition) is 1. The fraction of sp³-hybridized carbons (Fsp3) is 0.240. The predicted octanol–water partition coefficient (Wildman–Crippen LogP) is 0.247. The second-order valence-corrected chi connectivity index (χ2v) is 8.38. The molecule has 1 aliphatic heterocycles. The van der Waals surface area contributed by atoms with E-state index < -0.39 is 21.0 Å². The van der Waals surface area contributed by atoms with Crippen LogP contribution in [0.15, 0.2) is 91.0 Å². The second-order valence-electron chi connectivity index (χ2n) is 8.38. The summed E-state index contributed by atoms with van der Waals surface area (Å²) in [4.78, 5) is 10.9. The van der Waals surface area contributed by atoms with Crippen molar-refractivity contribution < 1.29 is 28.3 Å². The van der Waals surface area contributed by atoms with Crippen LogP contribution in [0.1, 0.15) is 13.8 Å². The number of amides is 1. The van der Waals surface area contributed by atoms with Crippen LogP contribution >= 0.6 is 0 Å². The van der Waals surface area contributed by atoms with Crippen LogP contribution in [-0.4, -0.2) is 59.5 Å². The lowest BCUT2D eigenvalue weighted by Gasteiger charge is -2.50. The molecule has 0 atom stereocenters. The highest BCUT2D eigenvalue weighted by atomic mass is 16.9. The van der Waals surface area contributed by atoms with Crippen LogP contribution in [0.2, 0.25) is 0 Å². The fourth-order valence-corrected chi connectivity index (χ4v) is 3.67. The third kappa shape index (κ3) is 7.30. The first-order valence-corrected chi connectivity index (χ1v) is 12.0. The maximum atomic E-state index is 9.43. The molecule has 3 aromatic rings. The molecule has 1 heterocycles. The predicted molar refractivity (Wildman–Crippen MR) is 142 cm³/mol. The first-order chi connectivity index (χ1) is 17.0. The van der Waals surface area contributed by atoms with Gasteiger partial charge in [-0.3, -0.25) is 4.79 Å². The van der Waals surface area contributed by atoms with E-state index in [1.807, 2.05) is 91.0 Å².